The van der Waals surface area contributed by atoms with Crippen molar-refractivity contribution in [1.82, 2.24) is 5.32 Å². The van der Waals surface area contributed by atoms with Gasteiger partial charge in [-0.05, 0) is 43.3 Å². The number of ether oxygens (including phenoxy) is 1. The molecular formula is C17H16N2O4S. The monoisotopic (exact) mass is 344 g/mol. The summed E-state index contributed by atoms with van der Waals surface area (Å²) in [5, 5.41) is 2.23. The lowest BCUT2D eigenvalue weighted by molar-refractivity contribution is 0.0526. The van der Waals surface area contributed by atoms with Crippen LogP contribution in [-0.4, -0.2) is 24.5 Å². The third kappa shape index (κ3) is 4.36. The number of nitrogens with one attached hydrogen (secondary N) is 1. The van der Waals surface area contributed by atoms with Crippen molar-refractivity contribution in [2.45, 2.75) is 6.92 Å². The lowest BCUT2D eigenvalue weighted by atomic mass is 10.2. The van der Waals surface area contributed by atoms with Crippen molar-refractivity contribution >= 4 is 36.4 Å². The molecule has 0 saturated carbocycles. The summed E-state index contributed by atoms with van der Waals surface area (Å²) in [6.45, 7) is 2.00. The number of imide groups is 1. The van der Waals surface area contributed by atoms with Gasteiger partial charge in [-0.3, -0.25) is 10.1 Å². The van der Waals surface area contributed by atoms with E-state index >= 15 is 0 Å². The van der Waals surface area contributed by atoms with Gasteiger partial charge in [0.25, 0.3) is 5.91 Å². The van der Waals surface area contributed by atoms with Gasteiger partial charge in [0.2, 0.25) is 0 Å². The summed E-state index contributed by atoms with van der Waals surface area (Å²) in [5.74, 6) is -0.971. The van der Waals surface area contributed by atoms with Crippen LogP contribution in [0.15, 0.2) is 54.6 Å². The Morgan fingerprint density at radius 3 is 2.21 bits per heavy atom. The highest BCUT2D eigenvalue weighted by atomic mass is 32.1. The highest BCUT2D eigenvalue weighted by molar-refractivity contribution is 7.82. The van der Waals surface area contributed by atoms with Gasteiger partial charge in [0, 0.05) is 5.56 Å². The number of rotatable bonds is 4. The molecule has 1 N–H and O–H groups in total. The Morgan fingerprint density at radius 2 is 1.62 bits per heavy atom. The molecule has 0 radical (unpaired) electrons. The normalized spacial score (nSPS) is 9.92. The number of hydrogen-bond donors (Lipinski definition) is 2. The Labute approximate surface area is 145 Å². The third-order valence-electron chi connectivity index (χ3n) is 3.07. The van der Waals surface area contributed by atoms with E-state index in [1.807, 2.05) is 0 Å². The lowest BCUT2D eigenvalue weighted by Crippen LogP contribution is -2.38. The van der Waals surface area contributed by atoms with Gasteiger partial charge < -0.3 is 4.74 Å². The van der Waals surface area contributed by atoms with Crippen LogP contribution in [0.1, 0.15) is 27.6 Å². The molecule has 2 aromatic rings. The molecule has 0 spiro atoms. The first-order valence-corrected chi connectivity index (χ1v) is 7.59. The number of esters is 1. The van der Waals surface area contributed by atoms with Gasteiger partial charge in [-0.2, -0.15) is 0 Å². The van der Waals surface area contributed by atoms with E-state index in [1.165, 1.54) is 24.3 Å². The highest BCUT2D eigenvalue weighted by Gasteiger charge is 2.17. The quantitative estimate of drug-likeness (QED) is 0.660. The van der Waals surface area contributed by atoms with Crippen molar-refractivity contribution in [3.8, 4) is 0 Å². The summed E-state index contributed by atoms with van der Waals surface area (Å²) in [4.78, 5) is 35.6. The molecule has 2 aromatic carbocycles. The van der Waals surface area contributed by atoms with Crippen LogP contribution >= 0.6 is 12.8 Å². The Kier molecular flexibility index (Phi) is 5.97. The maximum Gasteiger partial charge on any atom is 0.338 e. The maximum atomic E-state index is 12.1. The Hall–Kier alpha value is -2.80. The smallest absolute Gasteiger partial charge is 0.338 e. The average molecular weight is 344 g/mol. The number of carbonyl (C=O) groups excluding carboxylic acids is 3. The summed E-state index contributed by atoms with van der Waals surface area (Å²) >= 11 is 4.08. The number of hydrogen-bond acceptors (Lipinski definition) is 5. The van der Waals surface area contributed by atoms with Crippen LogP contribution in [0, 0.1) is 0 Å². The molecule has 0 saturated heterocycles. The molecule has 7 heteroatoms. The molecule has 124 valence electrons. The Morgan fingerprint density at radius 1 is 1.00 bits per heavy atom. The summed E-state index contributed by atoms with van der Waals surface area (Å²) < 4.78 is 5.86. The second-order valence-electron chi connectivity index (χ2n) is 4.70. The van der Waals surface area contributed by atoms with Crippen LogP contribution in [0.25, 0.3) is 0 Å². The molecule has 0 aliphatic carbocycles. The third-order valence-corrected chi connectivity index (χ3v) is 3.48. The Balaban J connectivity index is 2.02. The number of anilines is 1. The topological polar surface area (TPSA) is 75.7 Å². The van der Waals surface area contributed by atoms with Gasteiger partial charge in [0.1, 0.15) is 0 Å². The second kappa shape index (κ2) is 8.16. The van der Waals surface area contributed by atoms with Gasteiger partial charge in [0.05, 0.1) is 17.9 Å². The van der Waals surface area contributed by atoms with Crippen LogP contribution in [-0.2, 0) is 4.74 Å². The first-order valence-electron chi connectivity index (χ1n) is 7.19. The Bertz CT molecular complexity index is 732. The molecule has 6 nitrogen and oxygen atoms in total. The van der Waals surface area contributed by atoms with Crippen LogP contribution < -0.4 is 9.62 Å². The van der Waals surface area contributed by atoms with E-state index < -0.39 is 17.9 Å². The fourth-order valence-electron chi connectivity index (χ4n) is 1.88. The zero-order valence-corrected chi connectivity index (χ0v) is 13.8. The zero-order valence-electron chi connectivity index (χ0n) is 12.9. The van der Waals surface area contributed by atoms with E-state index in [0.29, 0.717) is 16.8 Å². The molecule has 0 atom stereocenters. The fourth-order valence-corrected chi connectivity index (χ4v) is 2.07. The van der Waals surface area contributed by atoms with Gasteiger partial charge in [0.15, 0.2) is 0 Å². The van der Waals surface area contributed by atoms with Crippen molar-refractivity contribution in [2.75, 3.05) is 10.9 Å². The number of benzene rings is 2. The molecule has 24 heavy (non-hydrogen) atoms. The van der Waals surface area contributed by atoms with Crippen LogP contribution in [0.5, 0.6) is 0 Å². The van der Waals surface area contributed by atoms with E-state index in [9.17, 15) is 14.4 Å². The maximum absolute atomic E-state index is 12.1. The molecule has 3 amide bonds. The van der Waals surface area contributed by atoms with Crippen LogP contribution in [0.4, 0.5) is 10.5 Å². The molecule has 0 bridgehead atoms. The van der Waals surface area contributed by atoms with Crippen molar-refractivity contribution < 1.29 is 19.1 Å². The number of urea groups is 1. The van der Waals surface area contributed by atoms with E-state index in [1.54, 1.807) is 37.3 Å². The predicted molar refractivity (Wildman–Crippen MR) is 93.2 cm³/mol. The molecular weight excluding hydrogens is 328 g/mol. The first-order chi connectivity index (χ1) is 11.5. The van der Waals surface area contributed by atoms with Crippen LogP contribution in [0.3, 0.4) is 0 Å². The second-order valence-corrected chi connectivity index (χ2v) is 5.10. The highest BCUT2D eigenvalue weighted by Crippen LogP contribution is 2.18. The number of thiol groups is 1. The van der Waals surface area contributed by atoms with Crippen molar-refractivity contribution in [2.24, 2.45) is 0 Å². The average Bonchev–Trinajstić information content (AvgIpc) is 2.62. The molecule has 0 fully saturated rings. The molecule has 0 heterocycles. The van der Waals surface area contributed by atoms with Gasteiger partial charge in [-0.15, -0.1) is 0 Å². The molecule has 2 rings (SSSR count). The zero-order chi connectivity index (χ0) is 17.5. The van der Waals surface area contributed by atoms with Crippen molar-refractivity contribution in [3.05, 3.63) is 65.7 Å². The summed E-state index contributed by atoms with van der Waals surface area (Å²) in [6.07, 6.45) is 0. The van der Waals surface area contributed by atoms with Gasteiger partial charge in [-0.1, -0.05) is 31.0 Å². The summed E-state index contributed by atoms with van der Waals surface area (Å²) in [5.41, 5.74) is 1.14. The van der Waals surface area contributed by atoms with Gasteiger partial charge >= 0.3 is 12.0 Å². The lowest BCUT2D eigenvalue weighted by Gasteiger charge is -2.16. The van der Waals surface area contributed by atoms with Crippen molar-refractivity contribution in [3.63, 3.8) is 0 Å². The SMILES string of the molecule is CCOC(=O)c1ccc(N(S)C(=O)NC(=O)c2ccccc2)cc1. The molecule has 0 aliphatic rings. The molecule has 0 aliphatic heterocycles. The minimum atomic E-state index is -0.698. The first kappa shape index (κ1) is 17.6. The number of carbonyl (C=O) groups is 3. The van der Waals surface area contributed by atoms with E-state index in [2.05, 4.69) is 18.1 Å². The van der Waals surface area contributed by atoms with E-state index in [-0.39, 0.29) is 6.61 Å². The largest absolute Gasteiger partial charge is 0.462 e. The predicted octanol–water partition coefficient (Wildman–Crippen LogP) is 3.06. The van der Waals surface area contributed by atoms with Crippen LogP contribution in [0.2, 0.25) is 0 Å². The number of nitrogens with zero attached hydrogens (tertiary/aromatic N) is 1. The number of amides is 3. The summed E-state index contributed by atoms with van der Waals surface area (Å²) in [7, 11) is 0. The summed E-state index contributed by atoms with van der Waals surface area (Å²) in [6, 6.07) is 13.8. The molecule has 0 aromatic heterocycles. The standard InChI is InChI=1S/C17H16N2O4S/c1-2-23-16(21)13-8-10-14(11-9-13)19(24)17(22)18-15(20)12-6-4-3-5-7-12/h3-11,24H,2H2,1H3,(H,18,20,22). The minimum absolute atomic E-state index is 0.281. The van der Waals surface area contributed by atoms with E-state index in [0.717, 1.165) is 4.31 Å². The van der Waals surface area contributed by atoms with Gasteiger partial charge in [-0.25, -0.2) is 13.9 Å². The molecule has 0 unspecified atom stereocenters. The van der Waals surface area contributed by atoms with Crippen molar-refractivity contribution in [1.29, 1.82) is 0 Å². The van der Waals surface area contributed by atoms with E-state index in [4.69, 9.17) is 4.74 Å². The minimum Gasteiger partial charge on any atom is -0.462 e. The fraction of sp³-hybridized carbons (Fsp3) is 0.118.